The molecule has 0 amide bonds. The van der Waals surface area contributed by atoms with Crippen LogP contribution in [0.15, 0.2) is 12.1 Å². The van der Waals surface area contributed by atoms with Crippen molar-refractivity contribution in [3.63, 3.8) is 0 Å². The molecule has 0 bridgehead atoms. The van der Waals surface area contributed by atoms with Crippen molar-refractivity contribution in [2.24, 2.45) is 17.8 Å². The van der Waals surface area contributed by atoms with E-state index in [1.54, 1.807) is 6.07 Å². The van der Waals surface area contributed by atoms with Crippen molar-refractivity contribution >= 4 is 11.6 Å². The van der Waals surface area contributed by atoms with Crippen LogP contribution >= 0.6 is 11.6 Å². The zero-order valence-corrected chi connectivity index (χ0v) is 15.7. The summed E-state index contributed by atoms with van der Waals surface area (Å²) in [7, 11) is 0. The second-order valence-corrected chi connectivity index (χ2v) is 8.44. The summed E-state index contributed by atoms with van der Waals surface area (Å²) in [5, 5.41) is 0.254. The highest BCUT2D eigenvalue weighted by atomic mass is 35.5. The fourth-order valence-electron chi connectivity index (χ4n) is 5.07. The Morgan fingerprint density at radius 1 is 1.00 bits per heavy atom. The number of rotatable bonds is 5. The van der Waals surface area contributed by atoms with Gasteiger partial charge in [-0.25, -0.2) is 4.98 Å². The van der Waals surface area contributed by atoms with Gasteiger partial charge in [-0.05, 0) is 68.3 Å². The highest BCUT2D eigenvalue weighted by molar-refractivity contribution is 6.29. The Balaban J connectivity index is 1.47. The van der Waals surface area contributed by atoms with Crippen LogP contribution in [0, 0.1) is 23.7 Å². The average molecular weight is 352 g/mol. The SMILES string of the molecule is CCCC[C@H]1CC[C@H]([C@H]2CC[C@H](c3ccc(Cl)nc3F)CC2)CC1. The molecule has 0 N–H and O–H groups in total. The number of halogens is 2. The number of nitrogens with zero attached hydrogens (tertiary/aromatic N) is 1. The molecule has 134 valence electrons. The second kappa shape index (κ2) is 8.65. The van der Waals surface area contributed by atoms with Gasteiger partial charge >= 0.3 is 0 Å². The van der Waals surface area contributed by atoms with Crippen LogP contribution in [0.25, 0.3) is 0 Å². The van der Waals surface area contributed by atoms with E-state index in [1.807, 2.05) is 6.07 Å². The first-order valence-corrected chi connectivity index (χ1v) is 10.4. The number of unbranched alkanes of at least 4 members (excludes halogenated alkanes) is 1. The summed E-state index contributed by atoms with van der Waals surface area (Å²) in [6.07, 6.45) is 14.7. The molecule has 0 unspecified atom stereocenters. The molecule has 0 spiro atoms. The lowest BCUT2D eigenvalue weighted by atomic mass is 9.68. The minimum atomic E-state index is -0.359. The molecule has 2 aliphatic carbocycles. The monoisotopic (exact) mass is 351 g/mol. The van der Waals surface area contributed by atoms with Gasteiger partial charge in [0.15, 0.2) is 0 Å². The van der Waals surface area contributed by atoms with Crippen LogP contribution in [0.2, 0.25) is 5.15 Å². The molecular formula is C21H31ClFN. The molecule has 1 aromatic heterocycles. The fourth-order valence-corrected chi connectivity index (χ4v) is 5.21. The van der Waals surface area contributed by atoms with E-state index in [0.29, 0.717) is 5.92 Å². The van der Waals surface area contributed by atoms with Crippen LogP contribution in [0.5, 0.6) is 0 Å². The summed E-state index contributed by atoms with van der Waals surface area (Å²) < 4.78 is 14.0. The van der Waals surface area contributed by atoms with Crippen molar-refractivity contribution in [2.75, 3.05) is 0 Å². The lowest BCUT2D eigenvalue weighted by molar-refractivity contribution is 0.155. The quantitative estimate of drug-likeness (QED) is 0.513. The Labute approximate surface area is 151 Å². The topological polar surface area (TPSA) is 12.9 Å². The largest absolute Gasteiger partial charge is 0.217 e. The first kappa shape index (κ1) is 18.2. The van der Waals surface area contributed by atoms with E-state index >= 15 is 0 Å². The first-order chi connectivity index (χ1) is 11.7. The lowest BCUT2D eigenvalue weighted by Gasteiger charge is -2.38. The molecule has 1 nitrogen and oxygen atoms in total. The van der Waals surface area contributed by atoms with E-state index in [4.69, 9.17) is 11.6 Å². The van der Waals surface area contributed by atoms with E-state index in [9.17, 15) is 4.39 Å². The van der Waals surface area contributed by atoms with Crippen LogP contribution in [-0.4, -0.2) is 4.98 Å². The van der Waals surface area contributed by atoms with Gasteiger partial charge in [0.2, 0.25) is 5.95 Å². The molecule has 1 heterocycles. The van der Waals surface area contributed by atoms with Crippen molar-refractivity contribution < 1.29 is 4.39 Å². The number of hydrogen-bond acceptors (Lipinski definition) is 1. The van der Waals surface area contributed by atoms with Gasteiger partial charge in [-0.3, -0.25) is 0 Å². The second-order valence-electron chi connectivity index (χ2n) is 8.05. The first-order valence-electron chi connectivity index (χ1n) is 9.99. The predicted octanol–water partition coefficient (Wildman–Crippen LogP) is 7.14. The van der Waals surface area contributed by atoms with E-state index in [0.717, 1.165) is 36.2 Å². The van der Waals surface area contributed by atoms with Crippen LogP contribution in [0.1, 0.15) is 89.0 Å². The highest BCUT2D eigenvalue weighted by Crippen LogP contribution is 2.44. The molecule has 0 atom stereocenters. The molecule has 3 rings (SSSR count). The Bertz CT molecular complexity index is 517. The van der Waals surface area contributed by atoms with Crippen molar-refractivity contribution in [2.45, 2.75) is 83.5 Å². The van der Waals surface area contributed by atoms with Crippen molar-refractivity contribution in [1.29, 1.82) is 0 Å². The summed E-state index contributed by atoms with van der Waals surface area (Å²) in [5.41, 5.74) is 0.779. The van der Waals surface area contributed by atoms with Gasteiger partial charge in [-0.2, -0.15) is 4.39 Å². The molecule has 2 fully saturated rings. The Morgan fingerprint density at radius 2 is 1.62 bits per heavy atom. The fraction of sp³-hybridized carbons (Fsp3) is 0.762. The summed E-state index contributed by atoms with van der Waals surface area (Å²) in [5.74, 6) is 2.77. The minimum Gasteiger partial charge on any atom is -0.208 e. The van der Waals surface area contributed by atoms with Crippen LogP contribution in [0.3, 0.4) is 0 Å². The molecule has 24 heavy (non-hydrogen) atoms. The van der Waals surface area contributed by atoms with Crippen molar-refractivity contribution in [1.82, 2.24) is 4.98 Å². The Morgan fingerprint density at radius 3 is 2.21 bits per heavy atom. The van der Waals surface area contributed by atoms with Gasteiger partial charge in [-0.15, -0.1) is 0 Å². The van der Waals surface area contributed by atoms with Crippen LogP contribution in [-0.2, 0) is 0 Å². The van der Waals surface area contributed by atoms with Crippen molar-refractivity contribution in [3.8, 4) is 0 Å². The maximum absolute atomic E-state index is 14.0. The molecule has 0 saturated heterocycles. The van der Waals surface area contributed by atoms with Gasteiger partial charge in [0, 0.05) is 5.56 Å². The normalized spacial score (nSPS) is 31.1. The molecule has 3 heteroatoms. The molecule has 2 aliphatic rings. The van der Waals surface area contributed by atoms with Gasteiger partial charge in [0.1, 0.15) is 5.15 Å². The van der Waals surface area contributed by atoms with Crippen LogP contribution in [0.4, 0.5) is 4.39 Å². The maximum atomic E-state index is 14.0. The van der Waals surface area contributed by atoms with E-state index in [-0.39, 0.29) is 11.1 Å². The minimum absolute atomic E-state index is 0.254. The van der Waals surface area contributed by atoms with Crippen LogP contribution < -0.4 is 0 Å². The van der Waals surface area contributed by atoms with E-state index in [2.05, 4.69) is 11.9 Å². The summed E-state index contributed by atoms with van der Waals surface area (Å²) in [6, 6.07) is 3.57. The number of pyridine rings is 1. The summed E-state index contributed by atoms with van der Waals surface area (Å²) in [4.78, 5) is 3.79. The third-order valence-corrected chi connectivity index (χ3v) is 6.79. The van der Waals surface area contributed by atoms with Gasteiger partial charge in [0.25, 0.3) is 0 Å². The van der Waals surface area contributed by atoms with Crippen molar-refractivity contribution in [3.05, 3.63) is 28.8 Å². The zero-order chi connectivity index (χ0) is 16.9. The smallest absolute Gasteiger partial charge is 0.208 e. The standard InChI is InChI=1S/C21H31ClFN/c1-2-3-4-15-5-7-16(8-6-15)17-9-11-18(12-10-17)19-13-14-20(22)24-21(19)23/h13-18H,2-12H2,1H3/t15-,16-,17-,18-. The van der Waals surface area contributed by atoms with E-state index in [1.165, 1.54) is 57.8 Å². The molecule has 1 aromatic rings. The highest BCUT2D eigenvalue weighted by Gasteiger charge is 2.32. The molecule has 0 radical (unpaired) electrons. The van der Waals surface area contributed by atoms with Gasteiger partial charge in [0.05, 0.1) is 0 Å². The molecular weight excluding hydrogens is 321 g/mol. The van der Waals surface area contributed by atoms with Gasteiger partial charge in [-0.1, -0.05) is 56.7 Å². The van der Waals surface area contributed by atoms with Gasteiger partial charge < -0.3 is 0 Å². The third-order valence-electron chi connectivity index (χ3n) is 6.58. The number of hydrogen-bond donors (Lipinski definition) is 0. The molecule has 0 aliphatic heterocycles. The van der Waals surface area contributed by atoms with E-state index < -0.39 is 0 Å². The average Bonchev–Trinajstić information content (AvgIpc) is 2.61. The summed E-state index contributed by atoms with van der Waals surface area (Å²) in [6.45, 7) is 2.29. The number of aromatic nitrogens is 1. The zero-order valence-electron chi connectivity index (χ0n) is 14.9. The Hall–Kier alpha value is -0.630. The molecule has 0 aromatic carbocycles. The summed E-state index contributed by atoms with van der Waals surface area (Å²) >= 11 is 5.77. The lowest BCUT2D eigenvalue weighted by Crippen LogP contribution is -2.25. The molecule has 2 saturated carbocycles. The Kier molecular flexibility index (Phi) is 6.55. The maximum Gasteiger partial charge on any atom is 0.217 e. The predicted molar refractivity (Wildman–Crippen MR) is 98.9 cm³/mol. The third kappa shape index (κ3) is 4.50.